The van der Waals surface area contributed by atoms with Gasteiger partial charge in [0.2, 0.25) is 0 Å². The summed E-state index contributed by atoms with van der Waals surface area (Å²) in [6.45, 7) is 0. The molecule has 0 fully saturated rings. The first kappa shape index (κ1) is 9.66. The van der Waals surface area contributed by atoms with Gasteiger partial charge in [0.1, 0.15) is 0 Å². The summed E-state index contributed by atoms with van der Waals surface area (Å²) in [5.74, 6) is 0. The van der Waals surface area contributed by atoms with Crippen LogP contribution in [0.3, 0.4) is 0 Å². The van der Waals surface area contributed by atoms with Gasteiger partial charge in [0.15, 0.2) is 0 Å². The van der Waals surface area contributed by atoms with Crippen LogP contribution in [0.2, 0.25) is 0 Å². The number of rotatable bonds is 2. The van der Waals surface area contributed by atoms with Gasteiger partial charge < -0.3 is 0 Å². The van der Waals surface area contributed by atoms with E-state index in [4.69, 9.17) is 5.26 Å². The second-order valence-electron chi connectivity index (χ2n) is 3.61. The zero-order valence-corrected chi connectivity index (χ0v) is 8.26. The normalized spacial score (nSPS) is 19.1. The summed E-state index contributed by atoms with van der Waals surface area (Å²) in [6.07, 6.45) is 2.07. The van der Waals surface area contributed by atoms with Crippen LogP contribution < -0.4 is 5.01 Å². The van der Waals surface area contributed by atoms with Crippen molar-refractivity contribution in [2.75, 3.05) is 5.01 Å². The summed E-state index contributed by atoms with van der Waals surface area (Å²) >= 11 is 0. The van der Waals surface area contributed by atoms with E-state index in [-0.39, 0.29) is 6.04 Å². The van der Waals surface area contributed by atoms with Crippen molar-refractivity contribution in [3.63, 3.8) is 0 Å². The van der Waals surface area contributed by atoms with E-state index < -0.39 is 0 Å². The Morgan fingerprint density at radius 2 is 2.33 bits per heavy atom. The van der Waals surface area contributed by atoms with Crippen LogP contribution in [-0.4, -0.2) is 6.04 Å². The summed E-state index contributed by atoms with van der Waals surface area (Å²) in [5.41, 5.74) is 1.98. The van der Waals surface area contributed by atoms with Crippen molar-refractivity contribution in [1.82, 2.24) is 0 Å². The van der Waals surface area contributed by atoms with Gasteiger partial charge in [0.25, 0.3) is 0 Å². The third-order valence-corrected chi connectivity index (χ3v) is 2.75. The first-order valence-electron chi connectivity index (χ1n) is 4.94. The minimum atomic E-state index is -0.0672. The van der Waals surface area contributed by atoms with Gasteiger partial charge in [-0.05, 0) is 24.5 Å². The van der Waals surface area contributed by atoms with Crippen LogP contribution in [0.4, 0.5) is 5.69 Å². The smallest absolute Gasteiger partial charge is 0.0691 e. The molecule has 1 unspecified atom stereocenters. The van der Waals surface area contributed by atoms with Crippen LogP contribution in [-0.2, 0) is 6.42 Å². The number of nitriles is 1. The number of para-hydroxylation sites is 1. The average molecular weight is 201 g/mol. The molecule has 0 aliphatic carbocycles. The largest absolute Gasteiger partial charge is 0.225 e. The zero-order valence-electron chi connectivity index (χ0n) is 8.26. The van der Waals surface area contributed by atoms with Gasteiger partial charge in [-0.3, -0.25) is 0 Å². The van der Waals surface area contributed by atoms with Gasteiger partial charge in [-0.25, -0.2) is 5.01 Å². The lowest BCUT2D eigenvalue weighted by Gasteiger charge is -2.30. The molecule has 0 N–H and O–H groups in total. The Morgan fingerprint density at radius 3 is 3.07 bits per heavy atom. The second kappa shape index (κ2) is 4.09. The molecule has 1 aromatic rings. The Kier molecular flexibility index (Phi) is 2.64. The van der Waals surface area contributed by atoms with E-state index in [9.17, 15) is 4.91 Å². The Bertz CT molecular complexity index is 411. The number of hydrogen-bond acceptors (Lipinski definition) is 3. The monoisotopic (exact) mass is 201 g/mol. The van der Waals surface area contributed by atoms with Crippen LogP contribution in [0, 0.1) is 16.2 Å². The summed E-state index contributed by atoms with van der Waals surface area (Å²) in [4.78, 5) is 10.8. The second-order valence-corrected chi connectivity index (χ2v) is 3.61. The fourth-order valence-corrected chi connectivity index (χ4v) is 1.99. The van der Waals surface area contributed by atoms with Crippen LogP contribution in [0.15, 0.2) is 29.6 Å². The SMILES string of the molecule is N#CCC1CCc2ccccc2N1N=O. The Morgan fingerprint density at radius 1 is 1.53 bits per heavy atom. The standard InChI is InChI=1S/C11H11N3O/c12-8-7-10-6-5-9-3-1-2-4-11(9)14(10)13-15/h1-4,10H,5-7H2. The molecule has 4 heteroatoms. The fourth-order valence-electron chi connectivity index (χ4n) is 1.99. The number of hydrogen-bond donors (Lipinski definition) is 0. The minimum absolute atomic E-state index is 0.0672. The maximum atomic E-state index is 10.8. The number of nitrogens with zero attached hydrogens (tertiary/aromatic N) is 3. The molecular weight excluding hydrogens is 190 g/mol. The van der Waals surface area contributed by atoms with Gasteiger partial charge in [0.05, 0.1) is 29.5 Å². The Labute approximate surface area is 88.1 Å². The van der Waals surface area contributed by atoms with Gasteiger partial charge in [-0.1, -0.05) is 18.2 Å². The van der Waals surface area contributed by atoms with E-state index in [2.05, 4.69) is 11.4 Å². The summed E-state index contributed by atoms with van der Waals surface area (Å²) in [6, 6.07) is 9.73. The quantitative estimate of drug-likeness (QED) is 0.690. The van der Waals surface area contributed by atoms with Crippen molar-refractivity contribution >= 4 is 5.69 Å². The minimum Gasteiger partial charge on any atom is -0.225 e. The number of fused-ring (bicyclic) bond motifs is 1. The van der Waals surface area contributed by atoms with E-state index in [1.165, 1.54) is 5.01 Å². The molecule has 4 nitrogen and oxygen atoms in total. The fraction of sp³-hybridized carbons (Fsp3) is 0.364. The number of anilines is 1. The van der Waals surface area contributed by atoms with E-state index in [1.807, 2.05) is 24.3 Å². The molecule has 0 radical (unpaired) electrons. The molecule has 76 valence electrons. The molecule has 0 bridgehead atoms. The lowest BCUT2D eigenvalue weighted by Crippen LogP contribution is -2.34. The highest BCUT2D eigenvalue weighted by Crippen LogP contribution is 2.31. The lowest BCUT2D eigenvalue weighted by atomic mass is 9.96. The summed E-state index contributed by atoms with van der Waals surface area (Å²) in [5, 5.41) is 13.1. The molecule has 1 heterocycles. The molecule has 0 amide bonds. The van der Waals surface area contributed by atoms with Gasteiger partial charge in [0, 0.05) is 0 Å². The predicted molar refractivity (Wildman–Crippen MR) is 57.1 cm³/mol. The van der Waals surface area contributed by atoms with Crippen LogP contribution >= 0.6 is 0 Å². The molecule has 2 rings (SSSR count). The van der Waals surface area contributed by atoms with Crippen molar-refractivity contribution in [3.05, 3.63) is 34.7 Å². The van der Waals surface area contributed by atoms with E-state index in [0.717, 1.165) is 24.1 Å². The maximum absolute atomic E-state index is 10.8. The number of benzene rings is 1. The first-order chi connectivity index (χ1) is 7.36. The third kappa shape index (κ3) is 1.68. The van der Waals surface area contributed by atoms with Crippen LogP contribution in [0.5, 0.6) is 0 Å². The third-order valence-electron chi connectivity index (χ3n) is 2.75. The predicted octanol–water partition coefficient (Wildman–Crippen LogP) is 2.40. The van der Waals surface area contributed by atoms with Gasteiger partial charge in [-0.15, -0.1) is 4.91 Å². The molecule has 0 saturated heterocycles. The van der Waals surface area contributed by atoms with Crippen LogP contribution in [0.1, 0.15) is 18.4 Å². The molecule has 0 aromatic heterocycles. The molecule has 0 spiro atoms. The first-order valence-corrected chi connectivity index (χ1v) is 4.94. The van der Waals surface area contributed by atoms with Crippen molar-refractivity contribution in [3.8, 4) is 6.07 Å². The number of aryl methyl sites for hydroxylation is 1. The zero-order chi connectivity index (χ0) is 10.7. The Balaban J connectivity index is 2.35. The highest BCUT2D eigenvalue weighted by Gasteiger charge is 2.26. The highest BCUT2D eigenvalue weighted by atomic mass is 16.3. The molecule has 1 aliphatic rings. The summed E-state index contributed by atoms with van der Waals surface area (Å²) < 4.78 is 0. The van der Waals surface area contributed by atoms with Crippen molar-refractivity contribution in [2.45, 2.75) is 25.3 Å². The molecule has 1 atom stereocenters. The van der Waals surface area contributed by atoms with E-state index in [1.54, 1.807) is 0 Å². The number of nitroso groups, excluding NO2 is 1. The molecule has 0 saturated carbocycles. The molecule has 15 heavy (non-hydrogen) atoms. The van der Waals surface area contributed by atoms with Gasteiger partial charge >= 0.3 is 0 Å². The maximum Gasteiger partial charge on any atom is 0.0691 e. The van der Waals surface area contributed by atoms with E-state index >= 15 is 0 Å². The van der Waals surface area contributed by atoms with Crippen molar-refractivity contribution in [2.24, 2.45) is 5.29 Å². The average Bonchev–Trinajstić information content (AvgIpc) is 2.29. The van der Waals surface area contributed by atoms with E-state index in [0.29, 0.717) is 6.42 Å². The molecule has 1 aromatic carbocycles. The highest BCUT2D eigenvalue weighted by molar-refractivity contribution is 5.55. The Hall–Kier alpha value is -1.89. The van der Waals surface area contributed by atoms with Crippen LogP contribution in [0.25, 0.3) is 0 Å². The summed E-state index contributed by atoms with van der Waals surface area (Å²) in [7, 11) is 0. The molecule has 1 aliphatic heterocycles. The lowest BCUT2D eigenvalue weighted by molar-refractivity contribution is 0.543. The topological polar surface area (TPSA) is 56.5 Å². The van der Waals surface area contributed by atoms with Crippen molar-refractivity contribution < 1.29 is 0 Å². The molecular formula is C11H11N3O. The van der Waals surface area contributed by atoms with Gasteiger partial charge in [-0.2, -0.15) is 5.26 Å². The van der Waals surface area contributed by atoms with Crippen molar-refractivity contribution in [1.29, 1.82) is 5.26 Å².